The molecule has 0 nitrogen and oxygen atoms in total. The van der Waals surface area contributed by atoms with E-state index in [-0.39, 0.29) is 0 Å². The Hall–Kier alpha value is -1.98. The van der Waals surface area contributed by atoms with Crippen LogP contribution in [0.1, 0.15) is 0 Å². The molecule has 0 aliphatic carbocycles. The Labute approximate surface area is 98.5 Å². The third-order valence-electron chi connectivity index (χ3n) is 1.79. The summed E-state index contributed by atoms with van der Waals surface area (Å²) in [4.78, 5) is 0. The molecule has 0 bridgehead atoms. The van der Waals surface area contributed by atoms with E-state index in [0.29, 0.717) is 6.07 Å². The fraction of sp³-hybridized carbons (Fsp3) is 0. The average Bonchev–Trinajstić information content (AvgIpc) is 2.32. The summed E-state index contributed by atoms with van der Waals surface area (Å²) < 4.78 is 71.8. The molecule has 18 heavy (non-hydrogen) atoms. The summed E-state index contributed by atoms with van der Waals surface area (Å²) in [6, 6.07) is 4.92. The predicted octanol–water partition coefficient (Wildman–Crippen LogP) is 4.21. The second-order valence-electron chi connectivity index (χ2n) is 3.09. The van der Waals surface area contributed by atoms with Crippen LogP contribution in [0.4, 0.5) is 26.3 Å². The van der Waals surface area contributed by atoms with Crippen molar-refractivity contribution in [2.75, 3.05) is 0 Å². The summed E-state index contributed by atoms with van der Waals surface area (Å²) in [6.45, 7) is 0. The maximum Gasteiger partial charge on any atom is 0.194 e. The van der Waals surface area contributed by atoms with Crippen LogP contribution in [-0.2, 0) is 0 Å². The fourth-order valence-electron chi connectivity index (χ4n) is 0.948. The first-order chi connectivity index (χ1) is 8.41. The largest absolute Gasteiger partial charge is 0.207 e. The van der Waals surface area contributed by atoms with Gasteiger partial charge in [-0.15, -0.1) is 0 Å². The van der Waals surface area contributed by atoms with Gasteiger partial charge in [0.05, 0.1) is 0 Å². The number of rotatable bonds is 0. The molecule has 0 fully saturated rings. The molecule has 0 aliphatic heterocycles. The number of hydrogen-bond acceptors (Lipinski definition) is 0. The van der Waals surface area contributed by atoms with E-state index in [9.17, 15) is 26.3 Å². The molecule has 0 heterocycles. The Morgan fingerprint density at radius 2 is 1.11 bits per heavy atom. The molecule has 0 spiro atoms. The lowest BCUT2D eigenvalue weighted by Crippen LogP contribution is -1.86. The Morgan fingerprint density at radius 1 is 0.556 bits per heavy atom. The standard InChI is InChI=1S/2C6H3F3/c7-4-1-2-5(8)6(9)3-4;7-4-2-1-3-5(8)6(4)9/h2*1-3H. The minimum Gasteiger partial charge on any atom is -0.207 e. The zero-order valence-electron chi connectivity index (χ0n) is 8.73. The molecule has 0 atom stereocenters. The van der Waals surface area contributed by atoms with Crippen molar-refractivity contribution < 1.29 is 26.3 Å². The van der Waals surface area contributed by atoms with Gasteiger partial charge >= 0.3 is 0 Å². The highest BCUT2D eigenvalue weighted by atomic mass is 19.2. The number of benzene rings is 2. The molecule has 96 valence electrons. The lowest BCUT2D eigenvalue weighted by atomic mass is 10.3. The molecular formula is C12H6F6. The van der Waals surface area contributed by atoms with E-state index in [1.807, 2.05) is 0 Å². The summed E-state index contributed by atoms with van der Waals surface area (Å²) >= 11 is 0. The molecule has 0 radical (unpaired) electrons. The zero-order chi connectivity index (χ0) is 13.7. The molecule has 6 heteroatoms. The third kappa shape index (κ3) is 3.80. The lowest BCUT2D eigenvalue weighted by molar-refractivity contribution is 0.447. The van der Waals surface area contributed by atoms with Gasteiger partial charge in [0.1, 0.15) is 5.82 Å². The summed E-state index contributed by atoms with van der Waals surface area (Å²) in [5, 5.41) is 0. The van der Waals surface area contributed by atoms with Crippen molar-refractivity contribution in [2.24, 2.45) is 0 Å². The minimum atomic E-state index is -1.42. The highest BCUT2D eigenvalue weighted by molar-refractivity contribution is 5.08. The topological polar surface area (TPSA) is 0 Å². The third-order valence-corrected chi connectivity index (χ3v) is 1.79. The van der Waals surface area contributed by atoms with Crippen LogP contribution >= 0.6 is 0 Å². The van der Waals surface area contributed by atoms with E-state index in [1.165, 1.54) is 0 Å². The molecule has 0 amide bonds. The normalized spacial score (nSPS) is 9.67. The van der Waals surface area contributed by atoms with E-state index in [1.54, 1.807) is 0 Å². The van der Waals surface area contributed by atoms with Crippen LogP contribution in [0.15, 0.2) is 36.4 Å². The molecule has 0 saturated carbocycles. The van der Waals surface area contributed by atoms with Crippen molar-refractivity contribution in [1.82, 2.24) is 0 Å². The molecular weight excluding hydrogens is 258 g/mol. The van der Waals surface area contributed by atoms with Crippen LogP contribution < -0.4 is 0 Å². The van der Waals surface area contributed by atoms with Gasteiger partial charge in [-0.25, -0.2) is 26.3 Å². The van der Waals surface area contributed by atoms with Crippen LogP contribution in [0.5, 0.6) is 0 Å². The predicted molar refractivity (Wildman–Crippen MR) is 52.6 cm³/mol. The molecule has 0 N–H and O–H groups in total. The van der Waals surface area contributed by atoms with E-state index < -0.39 is 34.9 Å². The van der Waals surface area contributed by atoms with Crippen molar-refractivity contribution >= 4 is 0 Å². The Balaban J connectivity index is 0.000000180. The first-order valence-electron chi connectivity index (χ1n) is 4.62. The van der Waals surface area contributed by atoms with Crippen LogP contribution in [0.2, 0.25) is 0 Å². The highest BCUT2D eigenvalue weighted by Gasteiger charge is 2.04. The van der Waals surface area contributed by atoms with Gasteiger partial charge in [-0.3, -0.25) is 0 Å². The van der Waals surface area contributed by atoms with Crippen molar-refractivity contribution in [1.29, 1.82) is 0 Å². The van der Waals surface area contributed by atoms with E-state index >= 15 is 0 Å². The van der Waals surface area contributed by atoms with Gasteiger partial charge in [0.25, 0.3) is 0 Å². The van der Waals surface area contributed by atoms with Crippen LogP contribution in [0.25, 0.3) is 0 Å². The summed E-state index contributed by atoms with van der Waals surface area (Å²) in [5.74, 6) is -6.69. The highest BCUT2D eigenvalue weighted by Crippen LogP contribution is 2.08. The quantitative estimate of drug-likeness (QED) is 0.380. The summed E-state index contributed by atoms with van der Waals surface area (Å²) in [7, 11) is 0. The van der Waals surface area contributed by atoms with Gasteiger partial charge < -0.3 is 0 Å². The van der Waals surface area contributed by atoms with E-state index in [2.05, 4.69) is 0 Å². The maximum absolute atomic E-state index is 12.0. The van der Waals surface area contributed by atoms with Gasteiger partial charge in [-0.05, 0) is 24.3 Å². The van der Waals surface area contributed by atoms with Gasteiger partial charge in [0.15, 0.2) is 29.1 Å². The van der Waals surface area contributed by atoms with Gasteiger partial charge in [-0.2, -0.15) is 0 Å². The summed E-state index contributed by atoms with van der Waals surface area (Å²) in [6.07, 6.45) is 0. The first kappa shape index (κ1) is 14.1. The zero-order valence-corrected chi connectivity index (χ0v) is 8.73. The van der Waals surface area contributed by atoms with Crippen molar-refractivity contribution in [3.05, 3.63) is 71.3 Å². The number of halogens is 6. The van der Waals surface area contributed by atoms with Crippen LogP contribution in [-0.4, -0.2) is 0 Å². The monoisotopic (exact) mass is 264 g/mol. The Morgan fingerprint density at radius 3 is 1.50 bits per heavy atom. The minimum absolute atomic E-state index is 0.495. The fourth-order valence-corrected chi connectivity index (χ4v) is 0.948. The second-order valence-corrected chi connectivity index (χ2v) is 3.09. The van der Waals surface area contributed by atoms with Crippen molar-refractivity contribution in [2.45, 2.75) is 0 Å². The molecule has 0 aromatic heterocycles. The molecule has 0 unspecified atom stereocenters. The van der Waals surface area contributed by atoms with Gasteiger partial charge in [0.2, 0.25) is 0 Å². The maximum atomic E-state index is 12.0. The first-order valence-corrected chi connectivity index (χ1v) is 4.62. The second kappa shape index (κ2) is 6.09. The van der Waals surface area contributed by atoms with Crippen molar-refractivity contribution in [3.63, 3.8) is 0 Å². The van der Waals surface area contributed by atoms with Crippen LogP contribution in [0, 0.1) is 34.9 Å². The summed E-state index contributed by atoms with van der Waals surface area (Å²) in [5.41, 5.74) is 0. The smallest absolute Gasteiger partial charge is 0.194 e. The van der Waals surface area contributed by atoms with Gasteiger partial charge in [-0.1, -0.05) is 6.07 Å². The molecule has 0 saturated heterocycles. The molecule has 2 rings (SSSR count). The van der Waals surface area contributed by atoms with Crippen LogP contribution in [0.3, 0.4) is 0 Å². The average molecular weight is 264 g/mol. The molecule has 2 aromatic carbocycles. The Kier molecular flexibility index (Phi) is 4.76. The molecule has 2 aromatic rings. The number of hydrogen-bond donors (Lipinski definition) is 0. The van der Waals surface area contributed by atoms with Crippen molar-refractivity contribution in [3.8, 4) is 0 Å². The van der Waals surface area contributed by atoms with Gasteiger partial charge in [0, 0.05) is 6.07 Å². The van der Waals surface area contributed by atoms with E-state index in [0.717, 1.165) is 30.3 Å². The SMILES string of the molecule is Fc1ccc(F)c(F)c1.Fc1cccc(F)c1F. The van der Waals surface area contributed by atoms with E-state index in [4.69, 9.17) is 0 Å². The molecule has 0 aliphatic rings. The Bertz CT molecular complexity index is 518. The lowest BCUT2D eigenvalue weighted by Gasteiger charge is -1.90.